The van der Waals surface area contributed by atoms with Gasteiger partial charge in [0.05, 0.1) is 11.3 Å². The van der Waals surface area contributed by atoms with Crippen molar-refractivity contribution in [3.8, 4) is 6.07 Å². The van der Waals surface area contributed by atoms with Crippen molar-refractivity contribution < 1.29 is 0 Å². The van der Waals surface area contributed by atoms with Crippen LogP contribution in [0.5, 0.6) is 0 Å². The molecular formula is C15H15BrN4. The zero-order valence-electron chi connectivity index (χ0n) is 11.4. The molecule has 0 bridgehead atoms. The van der Waals surface area contributed by atoms with Gasteiger partial charge in [-0.05, 0) is 40.9 Å². The van der Waals surface area contributed by atoms with Crippen LogP contribution in [-0.2, 0) is 6.42 Å². The summed E-state index contributed by atoms with van der Waals surface area (Å²) in [5.74, 6) is 1.48. The highest BCUT2D eigenvalue weighted by Crippen LogP contribution is 2.23. The maximum atomic E-state index is 9.24. The van der Waals surface area contributed by atoms with E-state index in [4.69, 9.17) is 0 Å². The molecule has 20 heavy (non-hydrogen) atoms. The first-order valence-electron chi connectivity index (χ1n) is 6.44. The van der Waals surface area contributed by atoms with Gasteiger partial charge in [0.1, 0.15) is 22.3 Å². The molecule has 0 amide bonds. The van der Waals surface area contributed by atoms with Gasteiger partial charge in [0.2, 0.25) is 0 Å². The van der Waals surface area contributed by atoms with Crippen molar-refractivity contribution in [3.05, 3.63) is 45.8 Å². The monoisotopic (exact) mass is 330 g/mol. The lowest BCUT2D eigenvalue weighted by Gasteiger charge is -2.10. The Hall–Kier alpha value is -1.93. The molecule has 0 aliphatic rings. The number of halogens is 1. The summed E-state index contributed by atoms with van der Waals surface area (Å²) in [6, 6.07) is 9.74. The van der Waals surface area contributed by atoms with Crippen LogP contribution in [0.2, 0.25) is 0 Å². The van der Waals surface area contributed by atoms with E-state index in [1.54, 1.807) is 0 Å². The van der Waals surface area contributed by atoms with Gasteiger partial charge in [-0.1, -0.05) is 19.1 Å². The van der Waals surface area contributed by atoms with E-state index in [0.717, 1.165) is 34.5 Å². The summed E-state index contributed by atoms with van der Waals surface area (Å²) >= 11 is 3.39. The first-order chi connectivity index (χ1) is 9.63. The average Bonchev–Trinajstić information content (AvgIpc) is 2.38. The number of nitriles is 1. The first kappa shape index (κ1) is 14.5. The lowest BCUT2D eigenvalue weighted by atomic mass is 10.1. The fourth-order valence-electron chi connectivity index (χ4n) is 1.92. The van der Waals surface area contributed by atoms with Gasteiger partial charge in [-0.3, -0.25) is 0 Å². The van der Waals surface area contributed by atoms with Crippen LogP contribution in [0, 0.1) is 18.3 Å². The average molecular weight is 331 g/mol. The van der Waals surface area contributed by atoms with Gasteiger partial charge in [0.25, 0.3) is 0 Å². The van der Waals surface area contributed by atoms with E-state index in [2.05, 4.69) is 44.2 Å². The number of nitrogens with one attached hydrogen (secondary N) is 1. The van der Waals surface area contributed by atoms with Crippen LogP contribution < -0.4 is 5.32 Å². The molecule has 0 fully saturated rings. The minimum absolute atomic E-state index is 0.638. The van der Waals surface area contributed by atoms with Crippen molar-refractivity contribution in [1.82, 2.24) is 9.97 Å². The smallest absolute Gasteiger partial charge is 0.135 e. The van der Waals surface area contributed by atoms with E-state index in [-0.39, 0.29) is 0 Å². The summed E-state index contributed by atoms with van der Waals surface area (Å²) in [6.45, 7) is 4.01. The normalized spacial score (nSPS) is 10.1. The standard InChI is InChI=1S/C15H15BrN4/c1-3-5-14-19-13(16)8-15(20-14)18-12-7-4-6-10(2)11(12)9-17/h4,6-8H,3,5H2,1-2H3,(H,18,19,20). The number of aromatic nitrogens is 2. The van der Waals surface area contributed by atoms with E-state index in [0.29, 0.717) is 11.4 Å². The van der Waals surface area contributed by atoms with Crippen molar-refractivity contribution in [3.63, 3.8) is 0 Å². The molecule has 1 heterocycles. The van der Waals surface area contributed by atoms with Crippen molar-refractivity contribution in [2.24, 2.45) is 0 Å². The molecule has 0 atom stereocenters. The Morgan fingerprint density at radius 2 is 2.15 bits per heavy atom. The SMILES string of the molecule is CCCc1nc(Br)cc(Nc2cccc(C)c2C#N)n1. The van der Waals surface area contributed by atoms with Gasteiger partial charge in [-0.2, -0.15) is 5.26 Å². The second-order valence-electron chi connectivity index (χ2n) is 4.48. The van der Waals surface area contributed by atoms with E-state index in [1.807, 2.05) is 31.2 Å². The summed E-state index contributed by atoms with van der Waals surface area (Å²) in [6.07, 6.45) is 1.82. The van der Waals surface area contributed by atoms with Crippen LogP contribution in [0.3, 0.4) is 0 Å². The van der Waals surface area contributed by atoms with Crippen LogP contribution in [0.4, 0.5) is 11.5 Å². The number of nitrogens with zero attached hydrogens (tertiary/aromatic N) is 3. The highest BCUT2D eigenvalue weighted by Gasteiger charge is 2.07. The van der Waals surface area contributed by atoms with Crippen molar-refractivity contribution in [2.45, 2.75) is 26.7 Å². The number of benzene rings is 1. The minimum atomic E-state index is 0.638. The summed E-state index contributed by atoms with van der Waals surface area (Å²) in [5, 5.41) is 12.4. The minimum Gasteiger partial charge on any atom is -0.339 e. The van der Waals surface area contributed by atoms with E-state index < -0.39 is 0 Å². The van der Waals surface area contributed by atoms with Gasteiger partial charge in [0.15, 0.2) is 0 Å². The highest BCUT2D eigenvalue weighted by atomic mass is 79.9. The number of hydrogen-bond acceptors (Lipinski definition) is 4. The topological polar surface area (TPSA) is 61.6 Å². The first-order valence-corrected chi connectivity index (χ1v) is 7.23. The number of rotatable bonds is 4. The Kier molecular flexibility index (Phi) is 4.70. The van der Waals surface area contributed by atoms with Gasteiger partial charge < -0.3 is 5.32 Å². The maximum Gasteiger partial charge on any atom is 0.135 e. The summed E-state index contributed by atoms with van der Waals surface area (Å²) in [7, 11) is 0. The van der Waals surface area contributed by atoms with Crippen LogP contribution in [-0.4, -0.2) is 9.97 Å². The predicted molar refractivity (Wildman–Crippen MR) is 82.9 cm³/mol. The molecule has 0 saturated carbocycles. The number of anilines is 2. The largest absolute Gasteiger partial charge is 0.339 e. The second-order valence-corrected chi connectivity index (χ2v) is 5.29. The predicted octanol–water partition coefficient (Wildman–Crippen LogP) is 4.12. The molecule has 0 aliphatic heterocycles. The molecule has 0 spiro atoms. The molecule has 0 unspecified atom stereocenters. The molecule has 4 nitrogen and oxygen atoms in total. The zero-order valence-corrected chi connectivity index (χ0v) is 13.0. The molecule has 2 rings (SSSR count). The maximum absolute atomic E-state index is 9.24. The Bertz CT molecular complexity index is 661. The molecule has 2 aromatic rings. The molecule has 1 aromatic heterocycles. The molecule has 0 aliphatic carbocycles. The van der Waals surface area contributed by atoms with Crippen molar-refractivity contribution in [2.75, 3.05) is 5.32 Å². The molecule has 0 saturated heterocycles. The fourth-order valence-corrected chi connectivity index (χ4v) is 2.34. The van der Waals surface area contributed by atoms with E-state index >= 15 is 0 Å². The summed E-state index contributed by atoms with van der Waals surface area (Å²) in [5.41, 5.74) is 2.35. The third-order valence-electron chi connectivity index (χ3n) is 2.86. The third-order valence-corrected chi connectivity index (χ3v) is 3.27. The lowest BCUT2D eigenvalue weighted by Crippen LogP contribution is -2.02. The van der Waals surface area contributed by atoms with Gasteiger partial charge in [-0.15, -0.1) is 0 Å². The van der Waals surface area contributed by atoms with Crippen LogP contribution in [0.15, 0.2) is 28.9 Å². The highest BCUT2D eigenvalue weighted by molar-refractivity contribution is 9.10. The Balaban J connectivity index is 2.35. The van der Waals surface area contributed by atoms with Crippen LogP contribution in [0.1, 0.15) is 30.3 Å². The molecule has 102 valence electrons. The molecule has 0 radical (unpaired) electrons. The quantitative estimate of drug-likeness (QED) is 0.856. The third kappa shape index (κ3) is 3.34. The molecule has 1 N–H and O–H groups in total. The van der Waals surface area contributed by atoms with E-state index in [9.17, 15) is 5.26 Å². The number of aryl methyl sites for hydroxylation is 2. The number of hydrogen-bond donors (Lipinski definition) is 1. The Morgan fingerprint density at radius 1 is 1.35 bits per heavy atom. The van der Waals surface area contributed by atoms with Gasteiger partial charge >= 0.3 is 0 Å². The summed E-state index contributed by atoms with van der Waals surface area (Å²) < 4.78 is 0.740. The second kappa shape index (κ2) is 6.49. The lowest BCUT2D eigenvalue weighted by molar-refractivity contribution is 0.831. The van der Waals surface area contributed by atoms with Gasteiger partial charge in [-0.25, -0.2) is 9.97 Å². The van der Waals surface area contributed by atoms with Crippen LogP contribution in [0.25, 0.3) is 0 Å². The Labute approximate surface area is 127 Å². The van der Waals surface area contributed by atoms with E-state index in [1.165, 1.54) is 0 Å². The molecule has 5 heteroatoms. The van der Waals surface area contributed by atoms with Gasteiger partial charge in [0, 0.05) is 12.5 Å². The Morgan fingerprint density at radius 3 is 2.85 bits per heavy atom. The molecular weight excluding hydrogens is 316 g/mol. The summed E-state index contributed by atoms with van der Waals surface area (Å²) in [4.78, 5) is 8.79. The van der Waals surface area contributed by atoms with Crippen molar-refractivity contribution in [1.29, 1.82) is 5.26 Å². The fraction of sp³-hybridized carbons (Fsp3) is 0.267. The van der Waals surface area contributed by atoms with Crippen molar-refractivity contribution >= 4 is 27.4 Å². The zero-order chi connectivity index (χ0) is 14.5. The molecule has 1 aromatic carbocycles. The van der Waals surface area contributed by atoms with Crippen LogP contribution >= 0.6 is 15.9 Å².